The molecule has 0 aliphatic carbocycles. The Hall–Kier alpha value is -0.120. The van der Waals surface area contributed by atoms with Crippen molar-refractivity contribution in [3.63, 3.8) is 0 Å². The molecule has 1 heterocycles. The molecule has 0 radical (unpaired) electrons. The van der Waals surface area contributed by atoms with Gasteiger partial charge in [-0.05, 0) is 6.92 Å². The summed E-state index contributed by atoms with van der Waals surface area (Å²) < 4.78 is 5.09. The molecule has 1 fully saturated rings. The molecule has 0 saturated carbocycles. The van der Waals surface area contributed by atoms with E-state index in [1.165, 1.54) is 0 Å². The Labute approximate surface area is 67.7 Å². The minimum Gasteiger partial charge on any atom is -0.392 e. The minimum atomic E-state index is -0.250. The van der Waals surface area contributed by atoms with E-state index in [-0.39, 0.29) is 6.10 Å². The summed E-state index contributed by atoms with van der Waals surface area (Å²) in [6.45, 7) is 7.28. The van der Waals surface area contributed by atoms with Gasteiger partial charge in [0, 0.05) is 18.5 Å². The van der Waals surface area contributed by atoms with Crippen LogP contribution in [-0.2, 0) is 4.74 Å². The van der Waals surface area contributed by atoms with E-state index >= 15 is 0 Å². The Morgan fingerprint density at radius 1 is 1.64 bits per heavy atom. The maximum absolute atomic E-state index is 8.95. The molecule has 11 heavy (non-hydrogen) atoms. The summed E-state index contributed by atoms with van der Waals surface area (Å²) >= 11 is 0. The van der Waals surface area contributed by atoms with Gasteiger partial charge in [0.05, 0.1) is 19.3 Å². The zero-order valence-electron chi connectivity index (χ0n) is 7.26. The number of nitrogens with one attached hydrogen (secondary N) is 1. The highest BCUT2D eigenvalue weighted by molar-refractivity contribution is 4.82. The van der Waals surface area contributed by atoms with E-state index in [1.54, 1.807) is 6.92 Å². The van der Waals surface area contributed by atoms with Crippen LogP contribution in [0.15, 0.2) is 0 Å². The van der Waals surface area contributed by atoms with Crippen molar-refractivity contribution in [1.82, 2.24) is 5.32 Å². The predicted molar refractivity (Wildman–Crippen MR) is 43.5 cm³/mol. The third kappa shape index (κ3) is 2.77. The highest BCUT2D eigenvalue weighted by Gasteiger charge is 2.32. The lowest BCUT2D eigenvalue weighted by molar-refractivity contribution is -0.0995. The first-order valence-electron chi connectivity index (χ1n) is 4.09. The summed E-state index contributed by atoms with van der Waals surface area (Å²) in [6.07, 6.45) is -0.250. The summed E-state index contributed by atoms with van der Waals surface area (Å²) in [7, 11) is 0. The Kier molecular flexibility index (Phi) is 2.87. The quantitative estimate of drug-likeness (QED) is 0.606. The monoisotopic (exact) mass is 159 g/mol. The molecule has 66 valence electrons. The molecule has 1 rings (SSSR count). The standard InChI is InChI=1S/C8H17NO2/c1-7(10)3-9-4-8(2)5-11-6-8/h7,9-10H,3-6H2,1-2H3/t7-/m1/s1. The van der Waals surface area contributed by atoms with Crippen LogP contribution in [0, 0.1) is 5.41 Å². The zero-order valence-corrected chi connectivity index (χ0v) is 7.26. The number of aliphatic hydroxyl groups excluding tert-OH is 1. The number of hydrogen-bond donors (Lipinski definition) is 2. The molecular weight excluding hydrogens is 142 g/mol. The van der Waals surface area contributed by atoms with Gasteiger partial charge in [0.1, 0.15) is 0 Å². The van der Waals surface area contributed by atoms with Gasteiger partial charge >= 0.3 is 0 Å². The highest BCUT2D eigenvalue weighted by atomic mass is 16.5. The van der Waals surface area contributed by atoms with Gasteiger partial charge in [-0.25, -0.2) is 0 Å². The lowest BCUT2D eigenvalue weighted by Crippen LogP contribution is -2.48. The lowest BCUT2D eigenvalue weighted by Gasteiger charge is -2.38. The van der Waals surface area contributed by atoms with Crippen molar-refractivity contribution in [2.45, 2.75) is 20.0 Å². The normalized spacial score (nSPS) is 24.3. The van der Waals surface area contributed by atoms with Crippen molar-refractivity contribution in [3.05, 3.63) is 0 Å². The molecular formula is C8H17NO2. The Morgan fingerprint density at radius 3 is 2.64 bits per heavy atom. The van der Waals surface area contributed by atoms with E-state index in [4.69, 9.17) is 9.84 Å². The first-order chi connectivity index (χ1) is 5.12. The summed E-state index contributed by atoms with van der Waals surface area (Å²) in [5.41, 5.74) is 0.314. The van der Waals surface area contributed by atoms with Crippen LogP contribution in [0.2, 0.25) is 0 Å². The van der Waals surface area contributed by atoms with Crippen LogP contribution in [0.1, 0.15) is 13.8 Å². The van der Waals surface area contributed by atoms with E-state index < -0.39 is 0 Å². The first kappa shape index (κ1) is 8.97. The third-order valence-electron chi connectivity index (χ3n) is 1.89. The topological polar surface area (TPSA) is 41.5 Å². The maximum atomic E-state index is 8.95. The lowest BCUT2D eigenvalue weighted by atomic mass is 9.89. The summed E-state index contributed by atoms with van der Waals surface area (Å²) in [5, 5.41) is 12.1. The Morgan fingerprint density at radius 2 is 2.27 bits per heavy atom. The second-order valence-corrected chi connectivity index (χ2v) is 3.78. The molecule has 1 atom stereocenters. The molecule has 3 heteroatoms. The molecule has 0 aromatic heterocycles. The molecule has 0 unspecified atom stereocenters. The van der Waals surface area contributed by atoms with Gasteiger partial charge in [-0.1, -0.05) is 6.92 Å². The van der Waals surface area contributed by atoms with E-state index in [2.05, 4.69) is 12.2 Å². The molecule has 1 aliphatic heterocycles. The molecule has 0 aromatic carbocycles. The number of hydrogen-bond acceptors (Lipinski definition) is 3. The van der Waals surface area contributed by atoms with Crippen molar-refractivity contribution in [2.75, 3.05) is 26.3 Å². The van der Waals surface area contributed by atoms with Crippen molar-refractivity contribution < 1.29 is 9.84 Å². The van der Waals surface area contributed by atoms with Crippen molar-refractivity contribution in [3.8, 4) is 0 Å². The van der Waals surface area contributed by atoms with Crippen LogP contribution in [-0.4, -0.2) is 37.5 Å². The van der Waals surface area contributed by atoms with Crippen LogP contribution in [0.25, 0.3) is 0 Å². The van der Waals surface area contributed by atoms with Gasteiger partial charge in [0.25, 0.3) is 0 Å². The summed E-state index contributed by atoms with van der Waals surface area (Å²) in [6, 6.07) is 0. The predicted octanol–water partition coefficient (Wildman–Crippen LogP) is -0.00670. The molecule has 1 aliphatic rings. The molecule has 3 nitrogen and oxygen atoms in total. The fourth-order valence-corrected chi connectivity index (χ4v) is 1.14. The first-order valence-corrected chi connectivity index (χ1v) is 4.09. The van der Waals surface area contributed by atoms with E-state index in [1.807, 2.05) is 0 Å². The number of aliphatic hydroxyl groups is 1. The van der Waals surface area contributed by atoms with Gasteiger partial charge in [0.2, 0.25) is 0 Å². The van der Waals surface area contributed by atoms with Crippen LogP contribution in [0.3, 0.4) is 0 Å². The summed E-state index contributed by atoms with van der Waals surface area (Å²) in [5.74, 6) is 0. The fourth-order valence-electron chi connectivity index (χ4n) is 1.14. The van der Waals surface area contributed by atoms with Crippen molar-refractivity contribution in [2.24, 2.45) is 5.41 Å². The van der Waals surface area contributed by atoms with Crippen LogP contribution >= 0.6 is 0 Å². The van der Waals surface area contributed by atoms with E-state index in [0.717, 1.165) is 19.8 Å². The fraction of sp³-hybridized carbons (Fsp3) is 1.00. The molecule has 2 N–H and O–H groups in total. The minimum absolute atomic E-state index is 0.250. The number of ether oxygens (including phenoxy) is 1. The van der Waals surface area contributed by atoms with Crippen LogP contribution < -0.4 is 5.32 Å². The Bertz CT molecular complexity index is 121. The average Bonchev–Trinajstić information content (AvgIpc) is 1.83. The highest BCUT2D eigenvalue weighted by Crippen LogP contribution is 2.24. The van der Waals surface area contributed by atoms with Crippen LogP contribution in [0.5, 0.6) is 0 Å². The largest absolute Gasteiger partial charge is 0.392 e. The van der Waals surface area contributed by atoms with Gasteiger partial charge in [-0.2, -0.15) is 0 Å². The van der Waals surface area contributed by atoms with Crippen molar-refractivity contribution >= 4 is 0 Å². The molecule has 1 saturated heterocycles. The molecule has 0 aromatic rings. The molecule has 0 spiro atoms. The Balaban J connectivity index is 2.02. The van der Waals surface area contributed by atoms with Crippen LogP contribution in [0.4, 0.5) is 0 Å². The second kappa shape index (κ2) is 3.52. The van der Waals surface area contributed by atoms with Gasteiger partial charge in [0.15, 0.2) is 0 Å². The molecule has 0 bridgehead atoms. The summed E-state index contributed by atoms with van der Waals surface area (Å²) in [4.78, 5) is 0. The molecule has 0 amide bonds. The third-order valence-corrected chi connectivity index (χ3v) is 1.89. The van der Waals surface area contributed by atoms with E-state index in [9.17, 15) is 0 Å². The zero-order chi connectivity index (χ0) is 8.32. The average molecular weight is 159 g/mol. The van der Waals surface area contributed by atoms with Gasteiger partial charge in [-0.3, -0.25) is 0 Å². The maximum Gasteiger partial charge on any atom is 0.0636 e. The van der Waals surface area contributed by atoms with E-state index in [0.29, 0.717) is 12.0 Å². The second-order valence-electron chi connectivity index (χ2n) is 3.78. The van der Waals surface area contributed by atoms with Gasteiger partial charge < -0.3 is 15.2 Å². The number of rotatable bonds is 4. The van der Waals surface area contributed by atoms with Gasteiger partial charge in [-0.15, -0.1) is 0 Å². The SMILES string of the molecule is C[C@@H](O)CNCC1(C)COC1. The van der Waals surface area contributed by atoms with Crippen molar-refractivity contribution in [1.29, 1.82) is 0 Å². The smallest absolute Gasteiger partial charge is 0.0636 e.